The van der Waals surface area contributed by atoms with Crippen molar-refractivity contribution in [3.05, 3.63) is 74.6 Å². The van der Waals surface area contributed by atoms with Gasteiger partial charge in [-0.1, -0.05) is 18.2 Å². The van der Waals surface area contributed by atoms with E-state index in [2.05, 4.69) is 10.4 Å². The van der Waals surface area contributed by atoms with E-state index in [0.717, 1.165) is 10.2 Å². The Hall–Kier alpha value is -3.22. The smallest absolute Gasteiger partial charge is 0.273 e. The average molecular weight is 341 g/mol. The fourth-order valence-corrected chi connectivity index (χ4v) is 2.55. The minimum absolute atomic E-state index is 0.0157. The molecule has 6 nitrogen and oxygen atoms in total. The van der Waals surface area contributed by atoms with Crippen LogP contribution in [0.4, 0.5) is 10.1 Å². The molecule has 1 amide bonds. The number of rotatable bonds is 4. The number of hydrogen-bond donors (Lipinski definition) is 2. The van der Waals surface area contributed by atoms with Gasteiger partial charge in [0, 0.05) is 6.42 Å². The predicted molar refractivity (Wildman–Crippen MR) is 93.2 cm³/mol. The highest BCUT2D eigenvalue weighted by molar-refractivity contribution is 5.90. The van der Waals surface area contributed by atoms with Crippen molar-refractivity contribution in [2.24, 2.45) is 0 Å². The van der Waals surface area contributed by atoms with Crippen LogP contribution in [0.1, 0.15) is 12.0 Å². The molecule has 2 N–H and O–H groups in total. The maximum Gasteiger partial charge on any atom is 0.273 e. The number of anilines is 1. The van der Waals surface area contributed by atoms with Crippen molar-refractivity contribution in [3.8, 4) is 0 Å². The molecule has 0 saturated heterocycles. The average Bonchev–Trinajstić information content (AvgIpc) is 2.59. The Morgan fingerprint density at radius 2 is 1.88 bits per heavy atom. The van der Waals surface area contributed by atoms with Crippen molar-refractivity contribution in [2.75, 3.05) is 5.32 Å². The second-order valence-corrected chi connectivity index (χ2v) is 5.72. The van der Waals surface area contributed by atoms with E-state index in [1.54, 1.807) is 37.3 Å². The van der Waals surface area contributed by atoms with Gasteiger partial charge in [-0.3, -0.25) is 19.5 Å². The Morgan fingerprint density at radius 3 is 2.60 bits per heavy atom. The minimum atomic E-state index is -0.523. The van der Waals surface area contributed by atoms with E-state index in [1.165, 1.54) is 12.1 Å². The van der Waals surface area contributed by atoms with Gasteiger partial charge in [0.25, 0.3) is 11.1 Å². The first kappa shape index (κ1) is 16.6. The molecule has 3 rings (SSSR count). The number of hydrogen-bond acceptors (Lipinski definition) is 3. The lowest BCUT2D eigenvalue weighted by molar-refractivity contribution is -0.116. The maximum absolute atomic E-state index is 13.7. The minimum Gasteiger partial charge on any atom is -0.324 e. The van der Waals surface area contributed by atoms with E-state index >= 15 is 0 Å². The topological polar surface area (TPSA) is 84.0 Å². The SMILES string of the molecule is Cc1ccc(NC(=O)CCn2[nH]c(=O)c3ccccc3c2=O)c(F)c1. The summed E-state index contributed by atoms with van der Waals surface area (Å²) < 4.78 is 14.8. The van der Waals surface area contributed by atoms with Crippen molar-refractivity contribution in [3.63, 3.8) is 0 Å². The molecule has 0 atom stereocenters. The fourth-order valence-electron chi connectivity index (χ4n) is 2.55. The van der Waals surface area contributed by atoms with Gasteiger partial charge in [0.15, 0.2) is 0 Å². The molecule has 0 aliphatic heterocycles. The normalized spacial score (nSPS) is 10.8. The number of H-pyrrole nitrogens is 1. The van der Waals surface area contributed by atoms with Gasteiger partial charge in [0.05, 0.1) is 23.0 Å². The van der Waals surface area contributed by atoms with Crippen LogP contribution in [0.3, 0.4) is 0 Å². The molecule has 0 fully saturated rings. The largest absolute Gasteiger partial charge is 0.324 e. The summed E-state index contributed by atoms with van der Waals surface area (Å²) in [5, 5.41) is 5.50. The fraction of sp³-hybridized carbons (Fsp3) is 0.167. The monoisotopic (exact) mass is 341 g/mol. The number of carbonyl (C=O) groups is 1. The number of nitrogens with one attached hydrogen (secondary N) is 2. The number of carbonyl (C=O) groups excluding carboxylic acids is 1. The molecular weight excluding hydrogens is 325 g/mol. The summed E-state index contributed by atoms with van der Waals surface area (Å²) in [6.45, 7) is 1.73. The quantitative estimate of drug-likeness (QED) is 0.763. The molecule has 1 heterocycles. The third kappa shape index (κ3) is 3.50. The van der Waals surface area contributed by atoms with Gasteiger partial charge in [0.2, 0.25) is 5.91 Å². The third-order valence-electron chi connectivity index (χ3n) is 3.84. The third-order valence-corrected chi connectivity index (χ3v) is 3.84. The van der Waals surface area contributed by atoms with Crippen molar-refractivity contribution in [1.82, 2.24) is 9.78 Å². The van der Waals surface area contributed by atoms with Crippen LogP contribution in [0, 0.1) is 12.7 Å². The Bertz CT molecular complexity index is 1070. The van der Waals surface area contributed by atoms with Gasteiger partial charge in [-0.2, -0.15) is 0 Å². The molecule has 2 aromatic carbocycles. The first-order valence-electron chi connectivity index (χ1n) is 7.73. The molecule has 1 aromatic heterocycles. The molecular formula is C18H16FN3O3. The Kier molecular flexibility index (Phi) is 4.47. The number of fused-ring (bicyclic) bond motifs is 1. The summed E-state index contributed by atoms with van der Waals surface area (Å²) in [4.78, 5) is 36.3. The molecule has 0 bridgehead atoms. The predicted octanol–water partition coefficient (Wildman–Crippen LogP) is 2.17. The van der Waals surface area contributed by atoms with E-state index < -0.39 is 17.3 Å². The molecule has 7 heteroatoms. The summed E-state index contributed by atoms with van der Waals surface area (Å²) in [6, 6.07) is 10.9. The van der Waals surface area contributed by atoms with Gasteiger partial charge in [0.1, 0.15) is 5.82 Å². The standard InChI is InChI=1S/C18H16FN3O3/c1-11-6-7-15(14(19)10-11)20-16(23)8-9-22-18(25)13-5-3-2-4-12(13)17(24)21-22/h2-7,10H,8-9H2,1H3,(H,20,23)(H,21,24). The summed E-state index contributed by atoms with van der Waals surface area (Å²) in [7, 11) is 0. The van der Waals surface area contributed by atoms with Crippen LogP contribution in [0.5, 0.6) is 0 Å². The van der Waals surface area contributed by atoms with Gasteiger partial charge in [-0.05, 0) is 36.8 Å². The summed E-state index contributed by atoms with van der Waals surface area (Å²) in [5.41, 5.74) is 0.0374. The highest BCUT2D eigenvalue weighted by atomic mass is 19.1. The molecule has 0 radical (unpaired) electrons. The summed E-state index contributed by atoms with van der Waals surface area (Å²) >= 11 is 0. The van der Waals surface area contributed by atoms with Gasteiger partial charge >= 0.3 is 0 Å². The van der Waals surface area contributed by atoms with E-state index in [-0.39, 0.29) is 29.6 Å². The lowest BCUT2D eigenvalue weighted by atomic mass is 10.2. The second-order valence-electron chi connectivity index (χ2n) is 5.72. The zero-order valence-electron chi connectivity index (χ0n) is 13.5. The Morgan fingerprint density at radius 1 is 1.16 bits per heavy atom. The Balaban J connectivity index is 1.76. The molecule has 3 aromatic rings. The zero-order valence-corrected chi connectivity index (χ0v) is 13.5. The van der Waals surface area contributed by atoms with Crippen LogP contribution in [-0.2, 0) is 11.3 Å². The maximum atomic E-state index is 13.7. The second kappa shape index (κ2) is 6.72. The molecule has 0 unspecified atom stereocenters. The van der Waals surface area contributed by atoms with E-state index in [9.17, 15) is 18.8 Å². The molecule has 0 aliphatic carbocycles. The van der Waals surface area contributed by atoms with E-state index in [1.807, 2.05) is 0 Å². The Labute approximate surface area is 141 Å². The number of aryl methyl sites for hydroxylation is 2. The van der Waals surface area contributed by atoms with Gasteiger partial charge in [-0.15, -0.1) is 0 Å². The summed E-state index contributed by atoms with van der Waals surface area (Å²) in [5.74, 6) is -0.978. The lowest BCUT2D eigenvalue weighted by Crippen LogP contribution is -2.31. The van der Waals surface area contributed by atoms with Crippen LogP contribution in [0.15, 0.2) is 52.1 Å². The molecule has 0 spiro atoms. The lowest BCUT2D eigenvalue weighted by Gasteiger charge is -2.09. The number of amides is 1. The number of benzene rings is 2. The van der Waals surface area contributed by atoms with Crippen LogP contribution < -0.4 is 16.4 Å². The van der Waals surface area contributed by atoms with Crippen LogP contribution >= 0.6 is 0 Å². The first-order chi connectivity index (χ1) is 12.0. The number of halogens is 1. The number of nitrogens with zero attached hydrogens (tertiary/aromatic N) is 1. The molecule has 0 aliphatic rings. The highest BCUT2D eigenvalue weighted by Crippen LogP contribution is 2.15. The molecule has 25 heavy (non-hydrogen) atoms. The zero-order chi connectivity index (χ0) is 18.0. The van der Waals surface area contributed by atoms with E-state index in [0.29, 0.717) is 5.39 Å². The van der Waals surface area contributed by atoms with Gasteiger partial charge in [-0.25, -0.2) is 9.07 Å². The molecule has 0 saturated carbocycles. The van der Waals surface area contributed by atoms with Crippen LogP contribution in [0.2, 0.25) is 0 Å². The van der Waals surface area contributed by atoms with E-state index in [4.69, 9.17) is 0 Å². The van der Waals surface area contributed by atoms with Crippen LogP contribution in [0.25, 0.3) is 10.8 Å². The van der Waals surface area contributed by atoms with Crippen molar-refractivity contribution >= 4 is 22.4 Å². The number of aromatic nitrogens is 2. The highest BCUT2D eigenvalue weighted by Gasteiger charge is 2.10. The van der Waals surface area contributed by atoms with Gasteiger partial charge < -0.3 is 5.32 Å². The first-order valence-corrected chi connectivity index (χ1v) is 7.73. The number of aromatic amines is 1. The van der Waals surface area contributed by atoms with Crippen molar-refractivity contribution in [1.29, 1.82) is 0 Å². The molecule has 128 valence electrons. The summed E-state index contributed by atoms with van der Waals surface area (Å²) in [6.07, 6.45) is -0.0818. The van der Waals surface area contributed by atoms with Crippen LogP contribution in [-0.4, -0.2) is 15.7 Å². The van der Waals surface area contributed by atoms with Crippen molar-refractivity contribution < 1.29 is 9.18 Å². The van der Waals surface area contributed by atoms with Crippen molar-refractivity contribution in [2.45, 2.75) is 19.9 Å².